The molecule has 0 aromatic rings. The van der Waals surface area contributed by atoms with E-state index in [0.29, 0.717) is 0 Å². The highest BCUT2D eigenvalue weighted by atomic mass is 16.7. The Bertz CT molecular complexity index is 221. The second-order valence-corrected chi connectivity index (χ2v) is 1.70. The molecule has 2 heterocycles. The summed E-state index contributed by atoms with van der Waals surface area (Å²) in [7, 11) is 0. The van der Waals surface area contributed by atoms with Crippen molar-refractivity contribution in [3.63, 3.8) is 0 Å². The summed E-state index contributed by atoms with van der Waals surface area (Å²) in [5.41, 5.74) is 0. The SMILES string of the molecule is O=C1CON=N1.O=C1CON=N1. The summed E-state index contributed by atoms with van der Waals surface area (Å²) in [6.07, 6.45) is 0. The van der Waals surface area contributed by atoms with Crippen LogP contribution in [0.4, 0.5) is 0 Å². The molecule has 0 spiro atoms. The molecule has 0 aromatic heterocycles. The molecular weight excluding hydrogens is 168 g/mol. The molecule has 0 unspecified atom stereocenters. The van der Waals surface area contributed by atoms with Crippen molar-refractivity contribution in [1.82, 2.24) is 0 Å². The van der Waals surface area contributed by atoms with Gasteiger partial charge in [-0.1, -0.05) is 10.2 Å². The monoisotopic (exact) mass is 172 g/mol. The molecule has 2 aliphatic rings. The predicted molar refractivity (Wildman–Crippen MR) is 31.6 cm³/mol. The van der Waals surface area contributed by atoms with Crippen LogP contribution in [-0.4, -0.2) is 25.0 Å². The normalized spacial score (nSPS) is 18.3. The minimum atomic E-state index is -0.310. The molecule has 2 aliphatic heterocycles. The van der Waals surface area contributed by atoms with E-state index in [-0.39, 0.29) is 25.0 Å². The van der Waals surface area contributed by atoms with Crippen molar-refractivity contribution >= 4 is 11.8 Å². The first kappa shape index (κ1) is 8.24. The van der Waals surface area contributed by atoms with Crippen molar-refractivity contribution in [2.45, 2.75) is 0 Å². The molecule has 0 fully saturated rings. The third kappa shape index (κ3) is 2.82. The van der Waals surface area contributed by atoms with Gasteiger partial charge in [0.15, 0.2) is 0 Å². The van der Waals surface area contributed by atoms with Gasteiger partial charge in [-0.15, -0.1) is 0 Å². The van der Waals surface area contributed by atoms with Crippen molar-refractivity contribution in [3.8, 4) is 0 Å². The van der Waals surface area contributed by atoms with E-state index >= 15 is 0 Å². The van der Waals surface area contributed by atoms with Crippen LogP contribution < -0.4 is 0 Å². The van der Waals surface area contributed by atoms with Crippen molar-refractivity contribution < 1.29 is 19.3 Å². The Kier molecular flexibility index (Phi) is 2.82. The third-order valence-corrected chi connectivity index (χ3v) is 0.796. The van der Waals surface area contributed by atoms with Gasteiger partial charge in [-0.05, 0) is 0 Å². The minimum absolute atomic E-state index is 0.0139. The highest BCUT2D eigenvalue weighted by Gasteiger charge is 2.04. The highest BCUT2D eigenvalue weighted by Crippen LogP contribution is 1.90. The Hall–Kier alpha value is -1.86. The Labute approximate surface area is 66.2 Å². The second kappa shape index (κ2) is 4.11. The fourth-order valence-corrected chi connectivity index (χ4v) is 0.375. The lowest BCUT2D eigenvalue weighted by Gasteiger charge is -1.71. The fraction of sp³-hybridized carbons (Fsp3) is 0.500. The summed E-state index contributed by atoms with van der Waals surface area (Å²) in [5.74, 6) is -0.620. The average molecular weight is 172 g/mol. The van der Waals surface area contributed by atoms with Crippen molar-refractivity contribution in [2.24, 2.45) is 20.8 Å². The van der Waals surface area contributed by atoms with Crippen molar-refractivity contribution in [1.29, 1.82) is 0 Å². The van der Waals surface area contributed by atoms with Gasteiger partial charge in [-0.3, -0.25) is 9.59 Å². The molecule has 2 rings (SSSR count). The van der Waals surface area contributed by atoms with Crippen molar-refractivity contribution in [3.05, 3.63) is 0 Å². The summed E-state index contributed by atoms with van der Waals surface area (Å²) in [5, 5.41) is 11.9. The zero-order chi connectivity index (χ0) is 8.81. The smallest absolute Gasteiger partial charge is 0.307 e. The summed E-state index contributed by atoms with van der Waals surface area (Å²) < 4.78 is 0. The number of carbonyl (C=O) groups is 2. The molecule has 0 bridgehead atoms. The van der Waals surface area contributed by atoms with Crippen molar-refractivity contribution in [2.75, 3.05) is 13.2 Å². The first-order chi connectivity index (χ1) is 5.79. The van der Waals surface area contributed by atoms with E-state index < -0.39 is 0 Å². The van der Waals surface area contributed by atoms with Crippen LogP contribution in [0.5, 0.6) is 0 Å². The summed E-state index contributed by atoms with van der Waals surface area (Å²) in [6.45, 7) is 0.0278. The Morgan fingerprint density at radius 2 is 1.33 bits per heavy atom. The number of hydrogen-bond acceptors (Lipinski definition) is 6. The van der Waals surface area contributed by atoms with E-state index in [1.165, 1.54) is 0 Å². The molecular formula is C4H4N4O4. The molecule has 2 amide bonds. The van der Waals surface area contributed by atoms with Gasteiger partial charge in [-0.2, -0.15) is 0 Å². The third-order valence-electron chi connectivity index (χ3n) is 0.796. The largest absolute Gasteiger partial charge is 0.369 e. The summed E-state index contributed by atoms with van der Waals surface area (Å²) >= 11 is 0. The lowest BCUT2D eigenvalue weighted by molar-refractivity contribution is -0.119. The van der Waals surface area contributed by atoms with Gasteiger partial charge in [0, 0.05) is 10.6 Å². The number of carbonyl (C=O) groups excluding carboxylic acids is 2. The molecule has 8 heteroatoms. The Morgan fingerprint density at radius 3 is 1.42 bits per heavy atom. The molecule has 12 heavy (non-hydrogen) atoms. The van der Waals surface area contributed by atoms with Gasteiger partial charge in [0.05, 0.1) is 0 Å². The Morgan fingerprint density at radius 1 is 0.917 bits per heavy atom. The van der Waals surface area contributed by atoms with Gasteiger partial charge < -0.3 is 9.68 Å². The second-order valence-electron chi connectivity index (χ2n) is 1.70. The molecule has 8 nitrogen and oxygen atoms in total. The summed E-state index contributed by atoms with van der Waals surface area (Å²) in [4.78, 5) is 28.0. The van der Waals surface area contributed by atoms with Gasteiger partial charge in [0.2, 0.25) is 13.2 Å². The standard InChI is InChI=1S/2C2H2N2O2/c2*5-2-1-6-4-3-2/h2*1H2. The van der Waals surface area contributed by atoms with Crippen LogP contribution >= 0.6 is 0 Å². The molecule has 64 valence electrons. The van der Waals surface area contributed by atoms with E-state index in [2.05, 4.69) is 30.5 Å². The topological polar surface area (TPSA) is 102 Å². The maximum atomic E-state index is 9.86. The van der Waals surface area contributed by atoms with Crippen LogP contribution in [-0.2, 0) is 19.3 Å². The molecule has 0 N–H and O–H groups in total. The van der Waals surface area contributed by atoms with Crippen LogP contribution in [0.3, 0.4) is 0 Å². The number of rotatable bonds is 0. The molecule has 0 radical (unpaired) electrons. The van der Waals surface area contributed by atoms with Crippen LogP contribution in [0.25, 0.3) is 0 Å². The van der Waals surface area contributed by atoms with Gasteiger partial charge in [0.1, 0.15) is 0 Å². The highest BCUT2D eigenvalue weighted by molar-refractivity contribution is 5.78. The lowest BCUT2D eigenvalue weighted by atomic mass is 10.7. The first-order valence-corrected chi connectivity index (χ1v) is 2.91. The molecule has 0 saturated carbocycles. The number of hydrogen-bond donors (Lipinski definition) is 0. The van der Waals surface area contributed by atoms with Gasteiger partial charge >= 0.3 is 11.8 Å². The zero-order valence-electron chi connectivity index (χ0n) is 5.84. The zero-order valence-corrected chi connectivity index (χ0v) is 5.84. The number of nitrogens with zero attached hydrogens (tertiary/aromatic N) is 4. The Balaban J connectivity index is 0.000000120. The average Bonchev–Trinajstić information content (AvgIpc) is 2.63. The van der Waals surface area contributed by atoms with E-state index in [1.807, 2.05) is 0 Å². The quantitative estimate of drug-likeness (QED) is 0.505. The van der Waals surface area contributed by atoms with E-state index in [1.54, 1.807) is 0 Å². The minimum Gasteiger partial charge on any atom is -0.369 e. The van der Waals surface area contributed by atoms with E-state index in [0.717, 1.165) is 0 Å². The molecule has 0 aliphatic carbocycles. The van der Waals surface area contributed by atoms with E-state index in [4.69, 9.17) is 0 Å². The van der Waals surface area contributed by atoms with Crippen LogP contribution in [0.2, 0.25) is 0 Å². The van der Waals surface area contributed by atoms with Gasteiger partial charge in [0.25, 0.3) is 0 Å². The maximum Gasteiger partial charge on any atom is 0.307 e. The first-order valence-electron chi connectivity index (χ1n) is 2.91. The number of amides is 2. The maximum absolute atomic E-state index is 9.86. The van der Waals surface area contributed by atoms with Crippen LogP contribution in [0.15, 0.2) is 20.8 Å². The van der Waals surface area contributed by atoms with Crippen LogP contribution in [0, 0.1) is 0 Å². The predicted octanol–water partition coefficient (Wildman–Crippen LogP) is -0.179. The molecule has 0 atom stereocenters. The van der Waals surface area contributed by atoms with Gasteiger partial charge in [-0.25, -0.2) is 0 Å². The van der Waals surface area contributed by atoms with E-state index in [9.17, 15) is 9.59 Å². The molecule has 0 saturated heterocycles. The summed E-state index contributed by atoms with van der Waals surface area (Å²) in [6, 6.07) is 0. The molecule has 0 aromatic carbocycles. The lowest BCUT2D eigenvalue weighted by Crippen LogP contribution is -1.91. The van der Waals surface area contributed by atoms with Crippen LogP contribution in [0.1, 0.15) is 0 Å². The fourth-order valence-electron chi connectivity index (χ4n) is 0.375.